The lowest BCUT2D eigenvalue weighted by Gasteiger charge is -2.16. The van der Waals surface area contributed by atoms with Crippen molar-refractivity contribution in [2.24, 2.45) is 4.99 Å². The van der Waals surface area contributed by atoms with Crippen molar-refractivity contribution in [3.05, 3.63) is 54.1 Å². The van der Waals surface area contributed by atoms with Crippen LogP contribution in [0.4, 0.5) is 20.2 Å². The lowest BCUT2D eigenvalue weighted by atomic mass is 10.2. The Bertz CT molecular complexity index is 1070. The molecule has 1 aliphatic rings. The standard InChI is InChI=1S/C21H18ClF2N3O5S/c1-2-25-20(26-13-5-9-15(10-6-13)32-21(22,23)24)33-16-11-17(28)27(18(16)29)14-7-3-12(4-8-14)19(30)31/h3-10,16H,2,11H2,1H3,(H,25,26)(H,30,31)/t16-/m1/s1. The molecule has 0 aliphatic carbocycles. The van der Waals surface area contributed by atoms with Gasteiger partial charge in [0.15, 0.2) is 5.17 Å². The van der Waals surface area contributed by atoms with E-state index >= 15 is 0 Å². The van der Waals surface area contributed by atoms with E-state index in [1.165, 1.54) is 48.5 Å². The van der Waals surface area contributed by atoms with Crippen molar-refractivity contribution in [3.63, 3.8) is 0 Å². The number of nitrogens with zero attached hydrogens (tertiary/aromatic N) is 2. The molecule has 0 unspecified atom stereocenters. The monoisotopic (exact) mass is 497 g/mol. The van der Waals surface area contributed by atoms with Gasteiger partial charge < -0.3 is 15.2 Å². The van der Waals surface area contributed by atoms with Crippen molar-refractivity contribution >= 4 is 57.7 Å². The second kappa shape index (κ2) is 10.2. The van der Waals surface area contributed by atoms with Gasteiger partial charge in [-0.1, -0.05) is 11.8 Å². The van der Waals surface area contributed by atoms with E-state index in [4.69, 9.17) is 16.7 Å². The number of rotatable bonds is 7. The first-order chi connectivity index (χ1) is 15.6. The number of ether oxygens (including phenoxy) is 1. The summed E-state index contributed by atoms with van der Waals surface area (Å²) in [7, 11) is 0. The zero-order chi connectivity index (χ0) is 24.2. The molecule has 0 radical (unpaired) electrons. The maximum atomic E-state index is 12.9. The third-order valence-electron chi connectivity index (χ3n) is 4.37. The highest BCUT2D eigenvalue weighted by atomic mass is 35.5. The Morgan fingerprint density at radius 2 is 1.88 bits per heavy atom. The fourth-order valence-electron chi connectivity index (χ4n) is 2.97. The normalized spacial score (nSPS) is 16.8. The largest absolute Gasteiger partial charge is 0.487 e. The van der Waals surface area contributed by atoms with Crippen molar-refractivity contribution in [2.45, 2.75) is 24.2 Å². The van der Waals surface area contributed by atoms with Gasteiger partial charge >= 0.3 is 11.5 Å². The van der Waals surface area contributed by atoms with E-state index in [1.807, 2.05) is 0 Å². The van der Waals surface area contributed by atoms with Crippen LogP contribution in [-0.2, 0) is 9.59 Å². The van der Waals surface area contributed by atoms with Crippen molar-refractivity contribution in [1.82, 2.24) is 0 Å². The molecule has 12 heteroatoms. The summed E-state index contributed by atoms with van der Waals surface area (Å²) in [4.78, 5) is 41.7. The molecule has 2 N–H and O–H groups in total. The van der Waals surface area contributed by atoms with Gasteiger partial charge in [-0.25, -0.2) is 9.69 Å². The number of carboxylic acids is 1. The first-order valence-electron chi connectivity index (χ1n) is 9.61. The Morgan fingerprint density at radius 3 is 2.42 bits per heavy atom. The Kier molecular flexibility index (Phi) is 7.54. The number of hydrogen-bond acceptors (Lipinski definition) is 6. The number of thioether (sulfide) groups is 1. The zero-order valence-electron chi connectivity index (χ0n) is 17.1. The number of benzene rings is 2. The SMILES string of the molecule is CCN=C(Nc1ccc(OC(F)(F)Cl)cc1)S[C@@H]1CC(=O)N(c2ccc(C(=O)O)cc2)C1=O. The summed E-state index contributed by atoms with van der Waals surface area (Å²) in [6, 6.07) is 11.0. The molecule has 2 aromatic rings. The summed E-state index contributed by atoms with van der Waals surface area (Å²) in [5.41, 5.74) is -3.00. The van der Waals surface area contributed by atoms with Gasteiger partial charge in [0.05, 0.1) is 11.3 Å². The molecular weight excluding hydrogens is 480 g/mol. The molecule has 0 bridgehead atoms. The van der Waals surface area contributed by atoms with Gasteiger partial charge in [-0.15, -0.1) is 8.78 Å². The van der Waals surface area contributed by atoms with Gasteiger partial charge in [0.2, 0.25) is 11.8 Å². The summed E-state index contributed by atoms with van der Waals surface area (Å²) in [6.45, 7) is 2.18. The molecule has 0 saturated carbocycles. The van der Waals surface area contributed by atoms with E-state index in [0.717, 1.165) is 16.7 Å². The summed E-state index contributed by atoms with van der Waals surface area (Å²) in [5, 5.41) is 11.6. The quantitative estimate of drug-likeness (QED) is 0.252. The Labute approximate surface area is 196 Å². The first-order valence-corrected chi connectivity index (χ1v) is 10.9. The van der Waals surface area contributed by atoms with E-state index in [9.17, 15) is 23.2 Å². The van der Waals surface area contributed by atoms with Gasteiger partial charge in [0, 0.05) is 30.3 Å². The van der Waals surface area contributed by atoms with Gasteiger partial charge in [-0.3, -0.25) is 14.6 Å². The van der Waals surface area contributed by atoms with E-state index in [-0.39, 0.29) is 23.4 Å². The molecular formula is C21H18ClF2N3O5S. The van der Waals surface area contributed by atoms with Crippen LogP contribution >= 0.6 is 23.4 Å². The Morgan fingerprint density at radius 1 is 1.24 bits per heavy atom. The minimum absolute atomic E-state index is 0.0384. The predicted octanol–water partition coefficient (Wildman–Crippen LogP) is 4.41. The molecule has 1 heterocycles. The topological polar surface area (TPSA) is 108 Å². The summed E-state index contributed by atoms with van der Waals surface area (Å²) in [6.07, 6.45) is -0.0633. The number of aromatic carboxylic acids is 1. The number of imide groups is 1. The number of anilines is 2. The number of carbonyl (C=O) groups excluding carboxylic acids is 2. The number of alkyl halides is 3. The van der Waals surface area contributed by atoms with Crippen LogP contribution in [-0.4, -0.2) is 45.4 Å². The second-order valence-corrected chi connectivity index (χ2v) is 8.34. The molecule has 8 nitrogen and oxygen atoms in total. The molecule has 1 aliphatic heterocycles. The fourth-order valence-corrected chi connectivity index (χ4v) is 4.14. The average molecular weight is 498 g/mol. The van der Waals surface area contributed by atoms with Crippen LogP contribution in [0.1, 0.15) is 23.7 Å². The van der Waals surface area contributed by atoms with E-state index < -0.39 is 28.6 Å². The lowest BCUT2D eigenvalue weighted by molar-refractivity contribution is -0.121. The number of amides is 2. The average Bonchev–Trinajstić information content (AvgIpc) is 3.01. The lowest BCUT2D eigenvalue weighted by Crippen LogP contribution is -2.31. The predicted molar refractivity (Wildman–Crippen MR) is 121 cm³/mol. The van der Waals surface area contributed by atoms with E-state index in [2.05, 4.69) is 15.0 Å². The molecule has 3 rings (SSSR count). The van der Waals surface area contributed by atoms with Gasteiger partial charge in [-0.2, -0.15) is 0 Å². The highest BCUT2D eigenvalue weighted by molar-refractivity contribution is 8.15. The first kappa shape index (κ1) is 24.5. The number of nitrogens with one attached hydrogen (secondary N) is 1. The van der Waals surface area contributed by atoms with Gasteiger partial charge in [0.25, 0.3) is 0 Å². The zero-order valence-corrected chi connectivity index (χ0v) is 18.7. The highest BCUT2D eigenvalue weighted by Crippen LogP contribution is 2.31. The molecule has 1 fully saturated rings. The van der Waals surface area contributed by atoms with Crippen molar-refractivity contribution in [1.29, 1.82) is 0 Å². The number of halogens is 3. The Balaban J connectivity index is 1.69. The third-order valence-corrected chi connectivity index (χ3v) is 5.56. The van der Waals surface area contributed by atoms with Crippen LogP contribution in [0.3, 0.4) is 0 Å². The Hall–Kier alpha value is -3.18. The molecule has 0 aromatic heterocycles. The van der Waals surface area contributed by atoms with Crippen LogP contribution in [0.5, 0.6) is 5.75 Å². The van der Waals surface area contributed by atoms with Crippen LogP contribution in [0, 0.1) is 0 Å². The van der Waals surface area contributed by atoms with Crippen molar-refractivity contribution in [2.75, 3.05) is 16.8 Å². The maximum absolute atomic E-state index is 12.9. The van der Waals surface area contributed by atoms with Crippen LogP contribution < -0.4 is 15.0 Å². The highest BCUT2D eigenvalue weighted by Gasteiger charge is 2.40. The van der Waals surface area contributed by atoms with Crippen molar-refractivity contribution in [3.8, 4) is 5.75 Å². The van der Waals surface area contributed by atoms with Crippen LogP contribution in [0.25, 0.3) is 0 Å². The fraction of sp³-hybridized carbons (Fsp3) is 0.238. The smallest absolute Gasteiger partial charge is 0.478 e. The van der Waals surface area contributed by atoms with Crippen LogP contribution in [0.15, 0.2) is 53.5 Å². The summed E-state index contributed by atoms with van der Waals surface area (Å²) >= 11 is 5.81. The van der Waals surface area contributed by atoms with Gasteiger partial charge in [-0.05, 0) is 55.5 Å². The number of carboxylic acid groups (broad SMARTS) is 1. The second-order valence-electron chi connectivity index (χ2n) is 6.71. The molecule has 1 saturated heterocycles. The minimum Gasteiger partial charge on any atom is -0.478 e. The van der Waals surface area contributed by atoms with Crippen LogP contribution in [0.2, 0.25) is 0 Å². The molecule has 174 valence electrons. The number of amidine groups is 1. The number of hydrogen-bond donors (Lipinski definition) is 2. The molecule has 0 spiro atoms. The summed E-state index contributed by atoms with van der Waals surface area (Å²) < 4.78 is 29.7. The van der Waals surface area contributed by atoms with E-state index in [0.29, 0.717) is 17.4 Å². The van der Waals surface area contributed by atoms with Crippen molar-refractivity contribution < 1.29 is 33.0 Å². The van der Waals surface area contributed by atoms with Gasteiger partial charge in [0.1, 0.15) is 11.0 Å². The number of carbonyl (C=O) groups is 3. The minimum atomic E-state index is -3.82. The molecule has 2 aromatic carbocycles. The molecule has 33 heavy (non-hydrogen) atoms. The molecule has 1 atom stereocenters. The maximum Gasteiger partial charge on any atom is 0.487 e. The summed E-state index contributed by atoms with van der Waals surface area (Å²) in [5.74, 6) is -2.12. The number of aliphatic imine (C=N–C) groups is 1. The molecule has 2 amide bonds. The third kappa shape index (κ3) is 6.42. The van der Waals surface area contributed by atoms with E-state index in [1.54, 1.807) is 6.92 Å².